The zero-order valence-electron chi connectivity index (χ0n) is 16.2. The highest BCUT2D eigenvalue weighted by molar-refractivity contribution is 5.89. The van der Waals surface area contributed by atoms with Crippen molar-refractivity contribution in [1.29, 1.82) is 0 Å². The van der Waals surface area contributed by atoms with Crippen molar-refractivity contribution in [3.8, 4) is 0 Å². The van der Waals surface area contributed by atoms with E-state index in [4.69, 9.17) is 14.9 Å². The molecular weight excluding hydrogens is 332 g/mol. The summed E-state index contributed by atoms with van der Waals surface area (Å²) in [5, 5.41) is 17.7. The Kier molecular flexibility index (Phi) is 17.3. The molecular formula is C21H36O5. The van der Waals surface area contributed by atoms with Crippen LogP contribution >= 0.6 is 0 Å². The first-order chi connectivity index (χ1) is 12.6. The van der Waals surface area contributed by atoms with Gasteiger partial charge < -0.3 is 14.9 Å². The Bertz CT molecular complexity index is 415. The number of carbonyl (C=O) groups is 2. The van der Waals surface area contributed by atoms with Crippen LogP contribution < -0.4 is 0 Å². The Morgan fingerprint density at radius 1 is 0.962 bits per heavy atom. The summed E-state index contributed by atoms with van der Waals surface area (Å²) in [6, 6.07) is 0. The molecule has 150 valence electrons. The molecule has 0 radical (unpaired) electrons. The van der Waals surface area contributed by atoms with Gasteiger partial charge in [-0.3, -0.25) is 9.59 Å². The van der Waals surface area contributed by atoms with Gasteiger partial charge in [0.1, 0.15) is 12.7 Å². The van der Waals surface area contributed by atoms with Crippen LogP contribution in [-0.2, 0) is 14.3 Å². The number of ether oxygens (including phenoxy) is 1. The predicted molar refractivity (Wildman–Crippen MR) is 104 cm³/mol. The van der Waals surface area contributed by atoms with E-state index in [0.717, 1.165) is 38.5 Å². The van der Waals surface area contributed by atoms with E-state index >= 15 is 0 Å². The summed E-state index contributed by atoms with van der Waals surface area (Å²) >= 11 is 0. The molecule has 26 heavy (non-hydrogen) atoms. The minimum atomic E-state index is -0.998. The van der Waals surface area contributed by atoms with Gasteiger partial charge in [-0.1, -0.05) is 57.3 Å². The molecule has 0 aromatic heterocycles. The van der Waals surface area contributed by atoms with Gasteiger partial charge in [0.15, 0.2) is 5.78 Å². The van der Waals surface area contributed by atoms with E-state index in [-0.39, 0.29) is 18.4 Å². The number of hydrogen-bond donors (Lipinski definition) is 2. The molecule has 0 saturated heterocycles. The monoisotopic (exact) mass is 368 g/mol. The molecule has 5 nitrogen and oxygen atoms in total. The van der Waals surface area contributed by atoms with Crippen molar-refractivity contribution in [2.75, 3.05) is 13.2 Å². The zero-order chi connectivity index (χ0) is 19.5. The highest BCUT2D eigenvalue weighted by Gasteiger charge is 2.07. The second-order valence-corrected chi connectivity index (χ2v) is 6.54. The standard InChI is InChI=1S/C21H36O5/c1-2-3-4-5-6-8-11-14-19(23)15-12-9-7-10-13-16-21(25)26-18-20(24)17-22/h6,8,11,14,20,22,24H,2-5,7,9-10,12-13,15-18H2,1H3/t20-/m0/s1. The summed E-state index contributed by atoms with van der Waals surface area (Å²) < 4.78 is 4.82. The van der Waals surface area contributed by atoms with Crippen LogP contribution in [0.3, 0.4) is 0 Å². The van der Waals surface area contributed by atoms with Crippen LogP contribution in [0.25, 0.3) is 0 Å². The number of hydrogen-bond acceptors (Lipinski definition) is 5. The number of carbonyl (C=O) groups excluding carboxylic acids is 2. The van der Waals surface area contributed by atoms with Gasteiger partial charge in [0, 0.05) is 12.8 Å². The molecule has 0 aliphatic carbocycles. The van der Waals surface area contributed by atoms with Crippen molar-refractivity contribution in [3.05, 3.63) is 24.3 Å². The van der Waals surface area contributed by atoms with Gasteiger partial charge >= 0.3 is 5.97 Å². The molecule has 0 heterocycles. The van der Waals surface area contributed by atoms with Crippen LogP contribution in [0.2, 0.25) is 0 Å². The molecule has 0 spiro atoms. The van der Waals surface area contributed by atoms with Crippen molar-refractivity contribution in [2.24, 2.45) is 0 Å². The van der Waals surface area contributed by atoms with Crippen LogP contribution in [-0.4, -0.2) is 41.3 Å². The van der Waals surface area contributed by atoms with Gasteiger partial charge in [-0.15, -0.1) is 0 Å². The predicted octanol–water partition coefficient (Wildman–Crippen LogP) is 3.88. The maximum absolute atomic E-state index is 11.7. The van der Waals surface area contributed by atoms with E-state index in [0.29, 0.717) is 12.8 Å². The zero-order valence-corrected chi connectivity index (χ0v) is 16.2. The van der Waals surface area contributed by atoms with Gasteiger partial charge in [-0.05, 0) is 31.8 Å². The van der Waals surface area contributed by atoms with E-state index in [1.54, 1.807) is 6.08 Å². The van der Waals surface area contributed by atoms with Crippen molar-refractivity contribution in [3.63, 3.8) is 0 Å². The Hall–Kier alpha value is -1.46. The summed E-state index contributed by atoms with van der Waals surface area (Å²) in [4.78, 5) is 23.1. The Labute approximate surface area is 158 Å². The molecule has 0 amide bonds. The van der Waals surface area contributed by atoms with Gasteiger partial charge in [-0.25, -0.2) is 0 Å². The third kappa shape index (κ3) is 17.4. The topological polar surface area (TPSA) is 83.8 Å². The third-order valence-electron chi connectivity index (χ3n) is 3.96. The lowest BCUT2D eigenvalue weighted by atomic mass is 10.1. The van der Waals surface area contributed by atoms with E-state index in [2.05, 4.69) is 13.0 Å². The molecule has 0 aromatic carbocycles. The molecule has 0 bridgehead atoms. The van der Waals surface area contributed by atoms with E-state index in [1.807, 2.05) is 12.2 Å². The van der Waals surface area contributed by atoms with Gasteiger partial charge in [0.2, 0.25) is 0 Å². The summed E-state index contributed by atoms with van der Waals surface area (Å²) in [7, 11) is 0. The smallest absolute Gasteiger partial charge is 0.305 e. The number of unbranched alkanes of at least 4 members (excludes halogenated alkanes) is 7. The fraction of sp³-hybridized carbons (Fsp3) is 0.714. The molecule has 0 unspecified atom stereocenters. The van der Waals surface area contributed by atoms with Crippen molar-refractivity contribution >= 4 is 11.8 Å². The average Bonchev–Trinajstić information content (AvgIpc) is 2.64. The molecule has 0 fully saturated rings. The van der Waals surface area contributed by atoms with Gasteiger partial charge in [-0.2, -0.15) is 0 Å². The van der Waals surface area contributed by atoms with Crippen molar-refractivity contribution in [1.82, 2.24) is 0 Å². The van der Waals surface area contributed by atoms with Crippen LogP contribution in [0.15, 0.2) is 24.3 Å². The Morgan fingerprint density at radius 2 is 1.65 bits per heavy atom. The summed E-state index contributed by atoms with van der Waals surface area (Å²) in [6.45, 7) is 1.62. The molecule has 5 heteroatoms. The molecule has 0 aliphatic rings. The molecule has 1 atom stereocenters. The number of esters is 1. The lowest BCUT2D eigenvalue weighted by molar-refractivity contribution is -0.147. The van der Waals surface area contributed by atoms with Crippen LogP contribution in [0.4, 0.5) is 0 Å². The highest BCUT2D eigenvalue weighted by atomic mass is 16.5. The number of ketones is 1. The fourth-order valence-corrected chi connectivity index (χ4v) is 2.35. The molecule has 0 aliphatic heterocycles. The van der Waals surface area contributed by atoms with E-state index in [9.17, 15) is 9.59 Å². The van der Waals surface area contributed by atoms with Crippen molar-refractivity contribution in [2.45, 2.75) is 83.7 Å². The Balaban J connectivity index is 3.48. The summed E-state index contributed by atoms with van der Waals surface area (Å²) in [6.07, 6.45) is 16.7. The van der Waals surface area contributed by atoms with Crippen molar-refractivity contribution < 1.29 is 24.5 Å². The van der Waals surface area contributed by atoms with E-state index in [1.165, 1.54) is 19.3 Å². The molecule has 0 saturated carbocycles. The molecule has 0 rings (SSSR count). The van der Waals surface area contributed by atoms with Crippen LogP contribution in [0, 0.1) is 0 Å². The number of aliphatic hydroxyl groups is 2. The summed E-state index contributed by atoms with van der Waals surface area (Å²) in [5.74, 6) is -0.185. The minimum Gasteiger partial charge on any atom is -0.463 e. The molecule has 0 aromatic rings. The minimum absolute atomic E-state index is 0.154. The second kappa shape index (κ2) is 18.3. The first kappa shape index (κ1) is 24.5. The normalized spacial score (nSPS) is 12.7. The van der Waals surface area contributed by atoms with E-state index < -0.39 is 12.7 Å². The molecule has 2 N–H and O–H groups in total. The summed E-state index contributed by atoms with van der Waals surface area (Å²) in [5.41, 5.74) is 0. The third-order valence-corrected chi connectivity index (χ3v) is 3.96. The first-order valence-electron chi connectivity index (χ1n) is 9.90. The average molecular weight is 369 g/mol. The fourth-order valence-electron chi connectivity index (χ4n) is 2.35. The quantitative estimate of drug-likeness (QED) is 0.176. The number of aliphatic hydroxyl groups excluding tert-OH is 2. The first-order valence-corrected chi connectivity index (χ1v) is 9.90. The lowest BCUT2D eigenvalue weighted by Gasteiger charge is -2.08. The number of allylic oxidation sites excluding steroid dienone is 4. The SMILES string of the molecule is CCCCCC=CC=CC(=O)CCCCCCCC(=O)OC[C@@H](O)CO. The maximum Gasteiger partial charge on any atom is 0.305 e. The highest BCUT2D eigenvalue weighted by Crippen LogP contribution is 2.08. The van der Waals surface area contributed by atoms with Crippen LogP contribution in [0.5, 0.6) is 0 Å². The second-order valence-electron chi connectivity index (χ2n) is 6.54. The Morgan fingerprint density at radius 3 is 2.35 bits per heavy atom. The van der Waals surface area contributed by atoms with Crippen LogP contribution in [0.1, 0.15) is 77.6 Å². The number of rotatable bonds is 17. The largest absolute Gasteiger partial charge is 0.463 e. The van der Waals surface area contributed by atoms with Gasteiger partial charge in [0.05, 0.1) is 6.61 Å². The lowest BCUT2D eigenvalue weighted by Crippen LogP contribution is -2.21. The van der Waals surface area contributed by atoms with Gasteiger partial charge in [0.25, 0.3) is 0 Å². The maximum atomic E-state index is 11.7.